The van der Waals surface area contributed by atoms with Crippen molar-refractivity contribution in [2.45, 2.75) is 31.2 Å². The number of carbonyl (C=O) groups is 1. The van der Waals surface area contributed by atoms with E-state index in [-0.39, 0.29) is 18.3 Å². The molecule has 1 aliphatic rings. The van der Waals surface area contributed by atoms with Gasteiger partial charge in [-0.2, -0.15) is 4.98 Å². The summed E-state index contributed by atoms with van der Waals surface area (Å²) in [6, 6.07) is 7.19. The van der Waals surface area contributed by atoms with Crippen molar-refractivity contribution in [1.82, 2.24) is 15.0 Å². The topological polar surface area (TPSA) is 85.2 Å². The molecule has 0 radical (unpaired) electrons. The van der Waals surface area contributed by atoms with Crippen LogP contribution in [0.1, 0.15) is 41.9 Å². The standard InChI is InChI=1S/C16H20N4O2.ClH/c1-20(2)14(21)12-7-5-6-11(10-12)13-18-15(19-22-13)16(17)8-3-4-9-16;/h5-7,10H,3-4,8-9,17H2,1-2H3;1H. The average Bonchev–Trinajstić information content (AvgIpc) is 3.16. The highest BCUT2D eigenvalue weighted by atomic mass is 35.5. The molecule has 0 bridgehead atoms. The summed E-state index contributed by atoms with van der Waals surface area (Å²) >= 11 is 0. The van der Waals surface area contributed by atoms with E-state index in [2.05, 4.69) is 10.1 Å². The summed E-state index contributed by atoms with van der Waals surface area (Å²) in [4.78, 5) is 18.0. The minimum Gasteiger partial charge on any atom is -0.345 e. The van der Waals surface area contributed by atoms with Crippen molar-refractivity contribution in [3.63, 3.8) is 0 Å². The van der Waals surface area contributed by atoms with Gasteiger partial charge in [-0.05, 0) is 31.0 Å². The molecule has 7 heteroatoms. The van der Waals surface area contributed by atoms with Crippen LogP contribution in [0, 0.1) is 0 Å². The van der Waals surface area contributed by atoms with Crippen molar-refractivity contribution in [2.75, 3.05) is 14.1 Å². The zero-order valence-electron chi connectivity index (χ0n) is 13.3. The van der Waals surface area contributed by atoms with Gasteiger partial charge in [0.2, 0.25) is 0 Å². The Morgan fingerprint density at radius 1 is 1.30 bits per heavy atom. The molecule has 0 atom stereocenters. The number of nitrogens with two attached hydrogens (primary N) is 1. The van der Waals surface area contributed by atoms with Gasteiger partial charge in [-0.15, -0.1) is 12.4 Å². The maximum Gasteiger partial charge on any atom is 0.258 e. The minimum atomic E-state index is -0.473. The first kappa shape index (κ1) is 17.4. The van der Waals surface area contributed by atoms with Gasteiger partial charge in [0.1, 0.15) is 0 Å². The van der Waals surface area contributed by atoms with Gasteiger partial charge in [0, 0.05) is 25.2 Å². The zero-order chi connectivity index (χ0) is 15.7. The predicted octanol–water partition coefficient (Wildman–Crippen LogP) is 2.59. The van der Waals surface area contributed by atoms with Crippen LogP contribution in [-0.2, 0) is 5.54 Å². The van der Waals surface area contributed by atoms with Crippen molar-refractivity contribution in [3.8, 4) is 11.5 Å². The van der Waals surface area contributed by atoms with E-state index in [1.807, 2.05) is 12.1 Å². The molecule has 1 saturated carbocycles. The van der Waals surface area contributed by atoms with Gasteiger partial charge >= 0.3 is 0 Å². The second-order valence-corrected chi connectivity index (χ2v) is 6.07. The van der Waals surface area contributed by atoms with Gasteiger partial charge in [0.25, 0.3) is 11.8 Å². The number of carbonyl (C=O) groups excluding carboxylic acids is 1. The third-order valence-electron chi connectivity index (χ3n) is 4.13. The fraction of sp³-hybridized carbons (Fsp3) is 0.438. The van der Waals surface area contributed by atoms with Crippen LogP contribution in [0.25, 0.3) is 11.5 Å². The van der Waals surface area contributed by atoms with Crippen molar-refractivity contribution in [2.24, 2.45) is 5.73 Å². The van der Waals surface area contributed by atoms with Crippen LogP contribution in [0.3, 0.4) is 0 Å². The monoisotopic (exact) mass is 336 g/mol. The molecule has 0 saturated heterocycles. The summed E-state index contributed by atoms with van der Waals surface area (Å²) < 4.78 is 5.36. The highest BCUT2D eigenvalue weighted by Gasteiger charge is 2.36. The maximum absolute atomic E-state index is 12.0. The molecule has 3 rings (SSSR count). The highest BCUT2D eigenvalue weighted by Crippen LogP contribution is 2.35. The largest absolute Gasteiger partial charge is 0.345 e. The lowest BCUT2D eigenvalue weighted by atomic mass is 9.98. The molecule has 1 fully saturated rings. The van der Waals surface area contributed by atoms with Gasteiger partial charge in [0.15, 0.2) is 5.82 Å². The molecule has 2 N–H and O–H groups in total. The van der Waals surface area contributed by atoms with Crippen molar-refractivity contribution >= 4 is 18.3 Å². The molecule has 124 valence electrons. The summed E-state index contributed by atoms with van der Waals surface area (Å²) in [5.74, 6) is 0.900. The van der Waals surface area contributed by atoms with Crippen LogP contribution >= 0.6 is 12.4 Å². The molecule has 0 aliphatic heterocycles. The third-order valence-corrected chi connectivity index (χ3v) is 4.13. The highest BCUT2D eigenvalue weighted by molar-refractivity contribution is 5.94. The Morgan fingerprint density at radius 3 is 2.65 bits per heavy atom. The van der Waals surface area contributed by atoms with E-state index in [0.717, 1.165) is 31.2 Å². The molecule has 1 heterocycles. The number of benzene rings is 1. The van der Waals surface area contributed by atoms with Crippen LogP contribution in [0.5, 0.6) is 0 Å². The van der Waals surface area contributed by atoms with E-state index >= 15 is 0 Å². The lowest BCUT2D eigenvalue weighted by Gasteiger charge is -2.17. The second kappa shape index (κ2) is 6.68. The average molecular weight is 337 g/mol. The van der Waals surface area contributed by atoms with E-state index in [9.17, 15) is 4.79 Å². The number of nitrogens with zero attached hydrogens (tertiary/aromatic N) is 3. The lowest BCUT2D eigenvalue weighted by Crippen LogP contribution is -2.34. The second-order valence-electron chi connectivity index (χ2n) is 6.07. The Balaban J connectivity index is 0.00000192. The first-order valence-corrected chi connectivity index (χ1v) is 7.45. The smallest absolute Gasteiger partial charge is 0.258 e. The van der Waals surface area contributed by atoms with Gasteiger partial charge in [0.05, 0.1) is 5.54 Å². The Hall–Kier alpha value is -1.92. The summed E-state index contributed by atoms with van der Waals surface area (Å²) in [5.41, 5.74) is 7.19. The normalized spacial score (nSPS) is 16.0. The van der Waals surface area contributed by atoms with E-state index in [1.165, 1.54) is 4.90 Å². The van der Waals surface area contributed by atoms with E-state index in [1.54, 1.807) is 26.2 Å². The molecule has 6 nitrogen and oxygen atoms in total. The number of hydrogen-bond acceptors (Lipinski definition) is 5. The zero-order valence-corrected chi connectivity index (χ0v) is 14.1. The van der Waals surface area contributed by atoms with Gasteiger partial charge in [-0.3, -0.25) is 4.79 Å². The SMILES string of the molecule is CN(C)C(=O)c1cccc(-c2nc(C3(N)CCCC3)no2)c1.Cl. The summed E-state index contributed by atoms with van der Waals surface area (Å²) in [6.07, 6.45) is 3.94. The van der Waals surface area contributed by atoms with Crippen LogP contribution in [0.15, 0.2) is 28.8 Å². The quantitative estimate of drug-likeness (QED) is 0.931. The molecule has 1 amide bonds. The number of aromatic nitrogens is 2. The Kier molecular flexibility index (Phi) is 5.06. The molecular weight excluding hydrogens is 316 g/mol. The Labute approximate surface area is 141 Å². The first-order chi connectivity index (χ1) is 10.5. The van der Waals surface area contributed by atoms with E-state index in [0.29, 0.717) is 17.3 Å². The maximum atomic E-state index is 12.0. The lowest BCUT2D eigenvalue weighted by molar-refractivity contribution is 0.0827. The van der Waals surface area contributed by atoms with Crippen LogP contribution < -0.4 is 5.73 Å². The summed E-state index contributed by atoms with van der Waals surface area (Å²) in [7, 11) is 3.44. The van der Waals surface area contributed by atoms with Gasteiger partial charge in [-0.25, -0.2) is 0 Å². The van der Waals surface area contributed by atoms with Crippen LogP contribution in [0.4, 0.5) is 0 Å². The molecule has 23 heavy (non-hydrogen) atoms. The molecule has 0 unspecified atom stereocenters. The third kappa shape index (κ3) is 3.38. The number of hydrogen-bond donors (Lipinski definition) is 1. The number of halogens is 1. The van der Waals surface area contributed by atoms with E-state index < -0.39 is 5.54 Å². The van der Waals surface area contributed by atoms with Crippen molar-refractivity contribution < 1.29 is 9.32 Å². The molecule has 1 aromatic heterocycles. The molecule has 2 aromatic rings. The Bertz CT molecular complexity index is 693. The van der Waals surface area contributed by atoms with Crippen LogP contribution in [0.2, 0.25) is 0 Å². The van der Waals surface area contributed by atoms with Crippen LogP contribution in [-0.4, -0.2) is 35.0 Å². The number of amides is 1. The Morgan fingerprint density at radius 2 is 2.00 bits per heavy atom. The minimum absolute atomic E-state index is 0. The fourth-order valence-electron chi connectivity index (χ4n) is 2.82. The van der Waals surface area contributed by atoms with Gasteiger partial charge < -0.3 is 15.2 Å². The number of rotatable bonds is 3. The molecule has 0 spiro atoms. The first-order valence-electron chi connectivity index (χ1n) is 7.45. The fourth-order valence-corrected chi connectivity index (χ4v) is 2.82. The predicted molar refractivity (Wildman–Crippen MR) is 89.3 cm³/mol. The molecular formula is C16H21ClN4O2. The van der Waals surface area contributed by atoms with Gasteiger partial charge in [-0.1, -0.05) is 24.1 Å². The van der Waals surface area contributed by atoms with Crippen molar-refractivity contribution in [3.05, 3.63) is 35.7 Å². The summed E-state index contributed by atoms with van der Waals surface area (Å²) in [5, 5.41) is 4.05. The van der Waals surface area contributed by atoms with E-state index in [4.69, 9.17) is 10.3 Å². The van der Waals surface area contributed by atoms with Crippen molar-refractivity contribution in [1.29, 1.82) is 0 Å². The molecule has 1 aliphatic carbocycles. The molecule has 1 aromatic carbocycles. The summed E-state index contributed by atoms with van der Waals surface area (Å²) in [6.45, 7) is 0.